The number of ketones is 2. The van der Waals surface area contributed by atoms with Gasteiger partial charge >= 0.3 is 0 Å². The first-order valence-corrected chi connectivity index (χ1v) is 16.9. The van der Waals surface area contributed by atoms with Gasteiger partial charge in [-0.3, -0.25) is 9.59 Å². The fraction of sp³-hybridized carbons (Fsp3) is 0.405. The maximum Gasteiger partial charge on any atom is 0.226 e. The van der Waals surface area contributed by atoms with Crippen LogP contribution in [0.5, 0.6) is 11.5 Å². The third kappa shape index (κ3) is 5.58. The molecule has 0 saturated heterocycles. The van der Waals surface area contributed by atoms with Gasteiger partial charge in [-0.25, -0.2) is 9.36 Å². The molecule has 0 saturated carbocycles. The Hall–Kier alpha value is -5.26. The maximum atomic E-state index is 13.6. The predicted octanol–water partition coefficient (Wildman–Crippen LogP) is 6.03. The van der Waals surface area contributed by atoms with Gasteiger partial charge in [-0.1, -0.05) is 64.1 Å². The molecule has 0 amide bonds. The maximum absolute atomic E-state index is 13.6. The molecule has 252 valence electrons. The quantitative estimate of drug-likeness (QED) is 0.215. The van der Waals surface area contributed by atoms with Gasteiger partial charge in [0.05, 0.1) is 13.2 Å². The molecule has 2 aromatic heterocycles. The summed E-state index contributed by atoms with van der Waals surface area (Å²) in [6.07, 6.45) is 6.06. The molecular formula is C37H40N8O4. The number of nitrogens with one attached hydrogen (secondary N) is 2. The molecule has 8 rings (SSSR count). The van der Waals surface area contributed by atoms with E-state index in [1.807, 2.05) is 48.5 Å². The molecule has 4 aromatic rings. The minimum Gasteiger partial charge on any atom is -0.493 e. The number of hydrogen-bond acceptors (Lipinski definition) is 10. The van der Waals surface area contributed by atoms with Crippen LogP contribution in [0.25, 0.3) is 0 Å². The highest BCUT2D eigenvalue weighted by Gasteiger charge is 2.43. The summed E-state index contributed by atoms with van der Waals surface area (Å²) in [5.74, 6) is 2.83. The molecule has 2 atom stereocenters. The minimum absolute atomic E-state index is 0.111. The fourth-order valence-corrected chi connectivity index (χ4v) is 7.77. The first-order chi connectivity index (χ1) is 23.6. The lowest BCUT2D eigenvalue weighted by atomic mass is 9.73. The molecule has 2 aliphatic heterocycles. The molecule has 0 radical (unpaired) electrons. The summed E-state index contributed by atoms with van der Waals surface area (Å²) in [7, 11) is 0. The normalized spacial score (nSPS) is 22.0. The van der Waals surface area contributed by atoms with Gasteiger partial charge in [0.15, 0.2) is 11.6 Å². The Labute approximate surface area is 284 Å². The van der Waals surface area contributed by atoms with Crippen molar-refractivity contribution in [3.63, 3.8) is 0 Å². The zero-order valence-corrected chi connectivity index (χ0v) is 28.2. The van der Waals surface area contributed by atoms with Gasteiger partial charge in [0.25, 0.3) is 0 Å². The SMILES string of the molecule is CC1(C)CC(=O)C2=C(C1)Nc1ncnn1C2c1ccccc1OCCCOc1ccccc1C1C2=C(CC(C)(C)CC2=O)Nc2ncnn21. The standard InChI is InChI=1S/C37H40N8O4/c1-36(2)16-24-30(26(46)18-36)32(44-34(42-24)38-20-40-44)22-10-5-7-12-28(22)48-14-9-15-49-29-13-8-6-11-23(29)33-31-25(17-37(3,4)19-27(31)47)43-35-39-21-41-45(33)35/h5-8,10-13,20-21,32-33H,9,14-19H2,1-4H3,(H,38,40,42)(H,39,41,43). The Kier molecular flexibility index (Phi) is 7.42. The molecule has 2 N–H and O–H groups in total. The van der Waals surface area contributed by atoms with Crippen molar-refractivity contribution in [3.05, 3.63) is 94.9 Å². The molecule has 0 spiro atoms. The fourth-order valence-electron chi connectivity index (χ4n) is 7.77. The van der Waals surface area contributed by atoms with E-state index >= 15 is 0 Å². The Balaban J connectivity index is 1.00. The van der Waals surface area contributed by atoms with Crippen LogP contribution in [0.15, 0.2) is 83.7 Å². The first-order valence-electron chi connectivity index (χ1n) is 16.9. The van der Waals surface area contributed by atoms with E-state index in [2.05, 4.69) is 58.5 Å². The van der Waals surface area contributed by atoms with Crippen LogP contribution in [0.1, 0.15) is 83.0 Å². The van der Waals surface area contributed by atoms with Gasteiger partial charge in [-0.05, 0) is 35.8 Å². The van der Waals surface area contributed by atoms with Crippen molar-refractivity contribution in [3.8, 4) is 11.5 Å². The van der Waals surface area contributed by atoms with E-state index in [0.29, 0.717) is 55.9 Å². The predicted molar refractivity (Wildman–Crippen MR) is 182 cm³/mol. The Bertz CT molecular complexity index is 1890. The summed E-state index contributed by atoms with van der Waals surface area (Å²) in [4.78, 5) is 36.0. The monoisotopic (exact) mass is 660 g/mol. The van der Waals surface area contributed by atoms with Crippen LogP contribution >= 0.6 is 0 Å². The number of allylic oxidation sites excluding steroid dienone is 4. The molecule has 49 heavy (non-hydrogen) atoms. The number of hydrogen-bond donors (Lipinski definition) is 2. The Morgan fingerprint density at radius 2 is 1.10 bits per heavy atom. The average Bonchev–Trinajstić information content (AvgIpc) is 3.71. The van der Waals surface area contributed by atoms with Gasteiger partial charge in [-0.15, -0.1) is 0 Å². The number of carbonyl (C=O) groups excluding carboxylic acids is 2. The second-order valence-corrected chi connectivity index (χ2v) is 14.9. The second kappa shape index (κ2) is 11.7. The lowest BCUT2D eigenvalue weighted by molar-refractivity contribution is -0.119. The van der Waals surface area contributed by atoms with Gasteiger partial charge in [0, 0.05) is 52.9 Å². The molecule has 0 fully saturated rings. The number of rotatable bonds is 8. The number of benzene rings is 2. The van der Waals surface area contributed by atoms with E-state index < -0.39 is 12.1 Å². The van der Waals surface area contributed by atoms with Gasteiger partial charge < -0.3 is 20.1 Å². The average molecular weight is 661 g/mol. The van der Waals surface area contributed by atoms with Crippen molar-refractivity contribution >= 4 is 23.5 Å². The number of fused-ring (bicyclic) bond motifs is 2. The van der Waals surface area contributed by atoms with Gasteiger partial charge in [0.1, 0.15) is 36.2 Å². The number of para-hydroxylation sites is 2. The van der Waals surface area contributed by atoms with Crippen molar-refractivity contribution in [2.24, 2.45) is 10.8 Å². The largest absolute Gasteiger partial charge is 0.493 e. The van der Waals surface area contributed by atoms with E-state index in [-0.39, 0.29) is 22.4 Å². The summed E-state index contributed by atoms with van der Waals surface area (Å²) >= 11 is 0. The van der Waals surface area contributed by atoms with Crippen molar-refractivity contribution in [1.29, 1.82) is 0 Å². The van der Waals surface area contributed by atoms with Crippen LogP contribution in [0, 0.1) is 10.8 Å². The first kappa shape index (κ1) is 31.0. The highest BCUT2D eigenvalue weighted by atomic mass is 16.5. The molecule has 12 heteroatoms. The number of aromatic nitrogens is 6. The minimum atomic E-state index is -0.435. The van der Waals surface area contributed by atoms with E-state index in [9.17, 15) is 9.59 Å². The van der Waals surface area contributed by atoms with Crippen LogP contribution in [0.3, 0.4) is 0 Å². The molecule has 4 aliphatic rings. The number of Topliss-reactive ketones (excluding diaryl/α,β-unsaturated/α-hetero) is 2. The van der Waals surface area contributed by atoms with Crippen LogP contribution < -0.4 is 20.1 Å². The Morgan fingerprint density at radius 3 is 1.55 bits per heavy atom. The zero-order chi connectivity index (χ0) is 33.9. The molecule has 2 aromatic carbocycles. The van der Waals surface area contributed by atoms with E-state index in [0.717, 1.165) is 46.5 Å². The van der Waals surface area contributed by atoms with Gasteiger partial charge in [-0.2, -0.15) is 20.2 Å². The summed E-state index contributed by atoms with van der Waals surface area (Å²) in [6.45, 7) is 9.25. The Morgan fingerprint density at radius 1 is 0.673 bits per heavy atom. The van der Waals surface area contributed by atoms with Crippen molar-refractivity contribution < 1.29 is 19.1 Å². The van der Waals surface area contributed by atoms with Gasteiger partial charge in [0.2, 0.25) is 11.9 Å². The lowest BCUT2D eigenvalue weighted by Crippen LogP contribution is -2.36. The highest BCUT2D eigenvalue weighted by molar-refractivity contribution is 6.01. The third-order valence-electron chi connectivity index (χ3n) is 9.78. The molecule has 12 nitrogen and oxygen atoms in total. The van der Waals surface area contributed by atoms with Crippen LogP contribution in [-0.2, 0) is 9.59 Å². The molecular weight excluding hydrogens is 620 g/mol. The molecule has 4 heterocycles. The number of nitrogens with zero attached hydrogens (tertiary/aromatic N) is 6. The van der Waals surface area contributed by atoms with Crippen LogP contribution in [-0.4, -0.2) is 54.3 Å². The molecule has 2 aliphatic carbocycles. The lowest BCUT2D eigenvalue weighted by Gasteiger charge is -2.38. The molecule has 2 unspecified atom stereocenters. The van der Waals surface area contributed by atoms with Crippen molar-refractivity contribution in [2.75, 3.05) is 23.8 Å². The van der Waals surface area contributed by atoms with Crippen molar-refractivity contribution in [2.45, 2.75) is 71.9 Å². The van der Waals surface area contributed by atoms with Crippen molar-refractivity contribution in [1.82, 2.24) is 29.5 Å². The third-order valence-corrected chi connectivity index (χ3v) is 9.78. The smallest absolute Gasteiger partial charge is 0.226 e. The number of ether oxygens (including phenoxy) is 2. The molecule has 0 bridgehead atoms. The number of anilines is 2. The summed E-state index contributed by atoms with van der Waals surface area (Å²) in [5.41, 5.74) is 4.70. The number of carbonyl (C=O) groups is 2. The summed E-state index contributed by atoms with van der Waals surface area (Å²) < 4.78 is 16.3. The zero-order valence-electron chi connectivity index (χ0n) is 28.2. The second-order valence-electron chi connectivity index (χ2n) is 14.9. The van der Waals surface area contributed by atoms with E-state index in [1.165, 1.54) is 12.7 Å². The van der Waals surface area contributed by atoms with Crippen LogP contribution in [0.2, 0.25) is 0 Å². The summed E-state index contributed by atoms with van der Waals surface area (Å²) in [5, 5.41) is 15.7. The topological polar surface area (TPSA) is 138 Å². The van der Waals surface area contributed by atoms with E-state index in [1.54, 1.807) is 9.36 Å². The van der Waals surface area contributed by atoms with Crippen LogP contribution in [0.4, 0.5) is 11.9 Å². The summed E-state index contributed by atoms with van der Waals surface area (Å²) in [6, 6.07) is 14.8. The van der Waals surface area contributed by atoms with E-state index in [4.69, 9.17) is 9.47 Å². The highest BCUT2D eigenvalue weighted by Crippen LogP contribution is 2.48.